The molecule has 106 valence electrons. The van der Waals surface area contributed by atoms with Crippen LogP contribution in [0.1, 0.15) is 59.3 Å². The summed E-state index contributed by atoms with van der Waals surface area (Å²) < 4.78 is 0. The molecule has 1 N–H and O–H groups in total. The van der Waals surface area contributed by atoms with E-state index in [1.807, 2.05) is 0 Å². The molecule has 1 aliphatic carbocycles. The molecule has 0 spiro atoms. The topological polar surface area (TPSA) is 15.3 Å². The fourth-order valence-corrected chi connectivity index (χ4v) is 3.74. The second kappa shape index (κ2) is 6.91. The Kier molecular flexibility index (Phi) is 5.50. The van der Waals surface area contributed by atoms with Gasteiger partial charge in [-0.1, -0.05) is 40.0 Å². The molecule has 0 amide bonds. The SMILES string of the molecule is CCC1CN(CC2CCCCC2)C(C(C)C)CN1. The van der Waals surface area contributed by atoms with Gasteiger partial charge in [0.2, 0.25) is 0 Å². The zero-order valence-corrected chi connectivity index (χ0v) is 12.6. The van der Waals surface area contributed by atoms with Gasteiger partial charge in [0.05, 0.1) is 0 Å². The van der Waals surface area contributed by atoms with E-state index < -0.39 is 0 Å². The lowest BCUT2D eigenvalue weighted by Gasteiger charge is -2.44. The molecular formula is C16H32N2. The Labute approximate surface area is 114 Å². The quantitative estimate of drug-likeness (QED) is 0.826. The van der Waals surface area contributed by atoms with Crippen LogP contribution in [0.25, 0.3) is 0 Å². The highest BCUT2D eigenvalue weighted by molar-refractivity contribution is 4.88. The Morgan fingerprint density at radius 3 is 2.50 bits per heavy atom. The molecule has 2 aliphatic rings. The van der Waals surface area contributed by atoms with Crippen molar-refractivity contribution in [3.05, 3.63) is 0 Å². The lowest BCUT2D eigenvalue weighted by Crippen LogP contribution is -2.58. The van der Waals surface area contributed by atoms with Gasteiger partial charge in [0.15, 0.2) is 0 Å². The van der Waals surface area contributed by atoms with E-state index in [0.29, 0.717) is 0 Å². The Morgan fingerprint density at radius 2 is 1.89 bits per heavy atom. The van der Waals surface area contributed by atoms with Crippen molar-refractivity contribution in [2.45, 2.75) is 71.4 Å². The maximum atomic E-state index is 3.73. The first-order valence-electron chi connectivity index (χ1n) is 8.18. The van der Waals surface area contributed by atoms with Crippen LogP contribution in [0.5, 0.6) is 0 Å². The minimum atomic E-state index is 0.726. The molecule has 1 heterocycles. The molecule has 0 bridgehead atoms. The number of hydrogen-bond acceptors (Lipinski definition) is 2. The fraction of sp³-hybridized carbons (Fsp3) is 1.00. The first kappa shape index (κ1) is 14.3. The van der Waals surface area contributed by atoms with Crippen molar-refractivity contribution in [2.75, 3.05) is 19.6 Å². The van der Waals surface area contributed by atoms with Gasteiger partial charge < -0.3 is 5.32 Å². The normalized spacial score (nSPS) is 32.0. The number of nitrogens with zero attached hydrogens (tertiary/aromatic N) is 1. The van der Waals surface area contributed by atoms with Crippen molar-refractivity contribution >= 4 is 0 Å². The molecular weight excluding hydrogens is 220 g/mol. The van der Waals surface area contributed by atoms with Gasteiger partial charge in [-0.15, -0.1) is 0 Å². The molecule has 2 rings (SSSR count). The standard InChI is InChI=1S/C16H32N2/c1-4-15-12-18(16(10-17-15)13(2)3)11-14-8-6-5-7-9-14/h13-17H,4-12H2,1-3H3. The van der Waals surface area contributed by atoms with Crippen LogP contribution in [0.2, 0.25) is 0 Å². The minimum absolute atomic E-state index is 0.726. The number of rotatable bonds is 4. The van der Waals surface area contributed by atoms with Gasteiger partial charge >= 0.3 is 0 Å². The number of nitrogens with one attached hydrogen (secondary N) is 1. The summed E-state index contributed by atoms with van der Waals surface area (Å²) in [5, 5.41) is 3.73. The van der Waals surface area contributed by atoms with Crippen molar-refractivity contribution in [3.63, 3.8) is 0 Å². The predicted octanol–water partition coefficient (Wildman–Crippen LogP) is 3.28. The van der Waals surface area contributed by atoms with Gasteiger partial charge in [-0.3, -0.25) is 4.90 Å². The molecule has 2 heteroatoms. The third-order valence-electron chi connectivity index (χ3n) is 5.02. The third-order valence-corrected chi connectivity index (χ3v) is 5.02. The minimum Gasteiger partial charge on any atom is -0.311 e. The summed E-state index contributed by atoms with van der Waals surface area (Å²) in [4.78, 5) is 2.81. The van der Waals surface area contributed by atoms with Gasteiger partial charge in [-0.2, -0.15) is 0 Å². The Bertz CT molecular complexity index is 233. The summed E-state index contributed by atoms with van der Waals surface area (Å²) in [6.45, 7) is 10.9. The Morgan fingerprint density at radius 1 is 1.17 bits per heavy atom. The van der Waals surface area contributed by atoms with Crippen LogP contribution in [0.4, 0.5) is 0 Å². The maximum Gasteiger partial charge on any atom is 0.0244 e. The van der Waals surface area contributed by atoms with Gasteiger partial charge in [-0.05, 0) is 31.1 Å². The average molecular weight is 252 g/mol. The van der Waals surface area contributed by atoms with Crippen molar-refractivity contribution in [3.8, 4) is 0 Å². The lowest BCUT2D eigenvalue weighted by molar-refractivity contribution is 0.0730. The summed E-state index contributed by atoms with van der Waals surface area (Å²) in [6.07, 6.45) is 8.65. The molecule has 2 unspecified atom stereocenters. The van der Waals surface area contributed by atoms with Crippen molar-refractivity contribution in [1.82, 2.24) is 10.2 Å². The van der Waals surface area contributed by atoms with Crippen molar-refractivity contribution < 1.29 is 0 Å². The third kappa shape index (κ3) is 3.71. The highest BCUT2D eigenvalue weighted by Gasteiger charge is 2.30. The molecule has 0 radical (unpaired) electrons. The van der Waals surface area contributed by atoms with E-state index in [0.717, 1.165) is 23.9 Å². The van der Waals surface area contributed by atoms with Crippen LogP contribution in [-0.2, 0) is 0 Å². The zero-order valence-electron chi connectivity index (χ0n) is 12.6. The summed E-state index contributed by atoms with van der Waals surface area (Å²) in [7, 11) is 0. The summed E-state index contributed by atoms with van der Waals surface area (Å²) >= 11 is 0. The first-order chi connectivity index (χ1) is 8.70. The lowest BCUT2D eigenvalue weighted by atomic mass is 9.87. The molecule has 0 aromatic carbocycles. The average Bonchev–Trinajstić information content (AvgIpc) is 2.39. The second-order valence-electron chi connectivity index (χ2n) is 6.78. The van der Waals surface area contributed by atoms with E-state index >= 15 is 0 Å². The molecule has 1 saturated heterocycles. The van der Waals surface area contributed by atoms with Gasteiger partial charge in [-0.25, -0.2) is 0 Å². The molecule has 2 fully saturated rings. The zero-order chi connectivity index (χ0) is 13.0. The van der Waals surface area contributed by atoms with Crippen LogP contribution in [0.3, 0.4) is 0 Å². The first-order valence-corrected chi connectivity index (χ1v) is 8.18. The van der Waals surface area contributed by atoms with E-state index in [4.69, 9.17) is 0 Å². The maximum absolute atomic E-state index is 3.73. The van der Waals surface area contributed by atoms with Crippen molar-refractivity contribution in [2.24, 2.45) is 11.8 Å². The van der Waals surface area contributed by atoms with E-state index in [2.05, 4.69) is 31.0 Å². The van der Waals surface area contributed by atoms with Crippen molar-refractivity contribution in [1.29, 1.82) is 0 Å². The van der Waals surface area contributed by atoms with E-state index in [1.165, 1.54) is 58.2 Å². The Balaban J connectivity index is 1.91. The second-order valence-corrected chi connectivity index (χ2v) is 6.78. The molecule has 0 aromatic heterocycles. The van der Waals surface area contributed by atoms with Crippen LogP contribution < -0.4 is 5.32 Å². The van der Waals surface area contributed by atoms with Gasteiger partial charge in [0, 0.05) is 31.7 Å². The van der Waals surface area contributed by atoms with Crippen LogP contribution >= 0.6 is 0 Å². The van der Waals surface area contributed by atoms with E-state index in [9.17, 15) is 0 Å². The van der Waals surface area contributed by atoms with Crippen LogP contribution in [-0.4, -0.2) is 36.6 Å². The summed E-state index contributed by atoms with van der Waals surface area (Å²) in [5.74, 6) is 1.76. The van der Waals surface area contributed by atoms with E-state index in [-0.39, 0.29) is 0 Å². The summed E-state index contributed by atoms with van der Waals surface area (Å²) in [6, 6.07) is 1.48. The van der Waals surface area contributed by atoms with Crippen LogP contribution in [0.15, 0.2) is 0 Å². The molecule has 2 atom stereocenters. The molecule has 18 heavy (non-hydrogen) atoms. The summed E-state index contributed by atoms with van der Waals surface area (Å²) in [5.41, 5.74) is 0. The molecule has 1 saturated carbocycles. The molecule has 1 aliphatic heterocycles. The highest BCUT2D eigenvalue weighted by Crippen LogP contribution is 2.27. The number of hydrogen-bond donors (Lipinski definition) is 1. The highest BCUT2D eigenvalue weighted by atomic mass is 15.2. The smallest absolute Gasteiger partial charge is 0.0244 e. The largest absolute Gasteiger partial charge is 0.311 e. The van der Waals surface area contributed by atoms with Gasteiger partial charge in [0.25, 0.3) is 0 Å². The Hall–Kier alpha value is -0.0800. The van der Waals surface area contributed by atoms with Crippen LogP contribution in [0, 0.1) is 11.8 Å². The molecule has 2 nitrogen and oxygen atoms in total. The van der Waals surface area contributed by atoms with Gasteiger partial charge in [0.1, 0.15) is 0 Å². The van der Waals surface area contributed by atoms with E-state index in [1.54, 1.807) is 0 Å². The fourth-order valence-electron chi connectivity index (χ4n) is 3.74. The number of piperazine rings is 1. The monoisotopic (exact) mass is 252 g/mol. The molecule has 0 aromatic rings. The predicted molar refractivity (Wildman–Crippen MR) is 78.9 cm³/mol.